The number of amides is 1. The summed E-state index contributed by atoms with van der Waals surface area (Å²) in [6.45, 7) is 5.38. The summed E-state index contributed by atoms with van der Waals surface area (Å²) >= 11 is 0. The van der Waals surface area contributed by atoms with Crippen LogP contribution in [-0.2, 0) is 4.74 Å². The molecule has 0 radical (unpaired) electrons. The molecule has 2 saturated heterocycles. The van der Waals surface area contributed by atoms with Crippen molar-refractivity contribution < 1.29 is 9.53 Å². The van der Waals surface area contributed by atoms with Crippen LogP contribution in [0.3, 0.4) is 0 Å². The van der Waals surface area contributed by atoms with E-state index in [1.54, 1.807) is 6.07 Å². The zero-order chi connectivity index (χ0) is 14.7. The average molecular weight is 329 g/mol. The molecule has 1 amide bonds. The minimum absolute atomic E-state index is 0. The predicted molar refractivity (Wildman–Crippen MR) is 86.5 cm³/mol. The molecule has 0 bridgehead atoms. The lowest BCUT2D eigenvalue weighted by atomic mass is 10.0. The van der Waals surface area contributed by atoms with Crippen LogP contribution in [0.1, 0.15) is 49.1 Å². The van der Waals surface area contributed by atoms with Gasteiger partial charge in [0.1, 0.15) is 5.69 Å². The van der Waals surface area contributed by atoms with Crippen LogP contribution in [0.5, 0.6) is 0 Å². The van der Waals surface area contributed by atoms with Gasteiger partial charge in [0.25, 0.3) is 5.91 Å². The molecule has 1 aromatic rings. The minimum Gasteiger partial charge on any atom is -0.373 e. The van der Waals surface area contributed by atoms with E-state index in [4.69, 9.17) is 4.74 Å². The second-order valence-electron chi connectivity index (χ2n) is 6.27. The fraction of sp³-hybridized carbons (Fsp3) is 0.733. The first-order valence-corrected chi connectivity index (χ1v) is 7.84. The Morgan fingerprint density at radius 3 is 3.14 bits per heavy atom. The van der Waals surface area contributed by atoms with Crippen LogP contribution < -0.4 is 10.6 Å². The molecular weight excluding hydrogens is 304 g/mol. The van der Waals surface area contributed by atoms with Gasteiger partial charge in [0.05, 0.1) is 11.6 Å². The highest BCUT2D eigenvalue weighted by Crippen LogP contribution is 2.24. The number of hydrogen-bond acceptors (Lipinski definition) is 4. The number of nitrogens with zero attached hydrogens (tertiary/aromatic N) is 2. The minimum atomic E-state index is -0.217. The van der Waals surface area contributed by atoms with E-state index in [0.29, 0.717) is 18.3 Å². The average Bonchev–Trinajstić information content (AvgIpc) is 3.16. The van der Waals surface area contributed by atoms with E-state index in [-0.39, 0.29) is 23.9 Å². The summed E-state index contributed by atoms with van der Waals surface area (Å²) in [5.41, 5.74) is 0.271. The van der Waals surface area contributed by atoms with Crippen molar-refractivity contribution >= 4 is 18.3 Å². The van der Waals surface area contributed by atoms with Crippen molar-refractivity contribution in [3.63, 3.8) is 0 Å². The van der Waals surface area contributed by atoms with Gasteiger partial charge < -0.3 is 15.4 Å². The fourth-order valence-corrected chi connectivity index (χ4v) is 3.06. The van der Waals surface area contributed by atoms with Crippen molar-refractivity contribution in [3.8, 4) is 0 Å². The lowest BCUT2D eigenvalue weighted by Gasteiger charge is -2.23. The maximum atomic E-state index is 12.2. The topological polar surface area (TPSA) is 68.2 Å². The second kappa shape index (κ2) is 7.44. The van der Waals surface area contributed by atoms with Crippen molar-refractivity contribution in [2.45, 2.75) is 44.2 Å². The van der Waals surface area contributed by atoms with Crippen LogP contribution in [0.25, 0.3) is 0 Å². The summed E-state index contributed by atoms with van der Waals surface area (Å²) in [6.07, 6.45) is 6.23. The molecule has 0 aromatic carbocycles. The van der Waals surface area contributed by atoms with E-state index >= 15 is 0 Å². The second-order valence-corrected chi connectivity index (χ2v) is 6.27. The first-order chi connectivity index (χ1) is 10.2. The Bertz CT molecular complexity index is 493. The molecule has 2 fully saturated rings. The quantitative estimate of drug-likeness (QED) is 0.879. The number of aromatic nitrogens is 2. The van der Waals surface area contributed by atoms with Crippen LogP contribution in [0.2, 0.25) is 0 Å². The summed E-state index contributed by atoms with van der Waals surface area (Å²) in [6, 6.07) is 2.15. The van der Waals surface area contributed by atoms with Gasteiger partial charge in [-0.2, -0.15) is 5.10 Å². The van der Waals surface area contributed by atoms with Gasteiger partial charge in [-0.3, -0.25) is 9.48 Å². The zero-order valence-electron chi connectivity index (χ0n) is 13.0. The van der Waals surface area contributed by atoms with Crippen LogP contribution in [-0.4, -0.2) is 47.5 Å². The molecular formula is C15H25ClN4O2. The van der Waals surface area contributed by atoms with Crippen molar-refractivity contribution in [2.24, 2.45) is 0 Å². The Balaban J connectivity index is 0.00000176. The van der Waals surface area contributed by atoms with Gasteiger partial charge >= 0.3 is 0 Å². The van der Waals surface area contributed by atoms with Crippen LogP contribution in [0, 0.1) is 0 Å². The molecule has 2 unspecified atom stereocenters. The third-order valence-electron chi connectivity index (χ3n) is 4.41. The van der Waals surface area contributed by atoms with Gasteiger partial charge in [-0.25, -0.2) is 0 Å². The van der Waals surface area contributed by atoms with E-state index in [1.165, 1.54) is 0 Å². The van der Waals surface area contributed by atoms with E-state index in [0.717, 1.165) is 45.4 Å². The highest BCUT2D eigenvalue weighted by atomic mass is 35.5. The highest BCUT2D eigenvalue weighted by Gasteiger charge is 2.30. The van der Waals surface area contributed by atoms with Crippen molar-refractivity contribution in [1.29, 1.82) is 0 Å². The zero-order valence-corrected chi connectivity index (χ0v) is 13.8. The molecule has 0 spiro atoms. The smallest absolute Gasteiger partial charge is 0.271 e. The number of carbonyl (C=O) groups is 1. The lowest BCUT2D eigenvalue weighted by Crippen LogP contribution is -2.40. The number of halogens is 1. The molecule has 2 aliphatic heterocycles. The molecule has 7 heteroatoms. The Kier molecular flexibility index (Phi) is 5.83. The Labute approximate surface area is 137 Å². The Hall–Kier alpha value is -1.11. The maximum absolute atomic E-state index is 12.2. The molecule has 1 aromatic heterocycles. The molecule has 0 aliphatic carbocycles. The summed E-state index contributed by atoms with van der Waals surface area (Å²) in [5, 5.41) is 10.7. The standard InChI is InChI=1S/C15H24N4O2.ClH/c1-15(6-3-9-21-15)11-17-14(20)13-5-8-19(18-13)12-4-2-7-16-10-12;/h5,8,12,16H,2-4,6-7,9-11H2,1H3,(H,17,20);1H. The summed E-state index contributed by atoms with van der Waals surface area (Å²) in [4.78, 5) is 12.2. The third-order valence-corrected chi connectivity index (χ3v) is 4.41. The van der Waals surface area contributed by atoms with Gasteiger partial charge in [0, 0.05) is 25.9 Å². The first-order valence-electron chi connectivity index (χ1n) is 7.84. The predicted octanol–water partition coefficient (Wildman–Crippen LogP) is 1.53. The summed E-state index contributed by atoms with van der Waals surface area (Å²) in [5.74, 6) is -0.116. The number of piperidine rings is 1. The molecule has 2 aliphatic rings. The number of rotatable bonds is 4. The van der Waals surface area contributed by atoms with Crippen LogP contribution in [0.4, 0.5) is 0 Å². The van der Waals surface area contributed by atoms with Crippen LogP contribution in [0.15, 0.2) is 12.3 Å². The van der Waals surface area contributed by atoms with E-state index in [9.17, 15) is 4.79 Å². The molecule has 3 rings (SSSR count). The molecule has 2 N–H and O–H groups in total. The van der Waals surface area contributed by atoms with Crippen LogP contribution >= 0.6 is 12.4 Å². The summed E-state index contributed by atoms with van der Waals surface area (Å²) in [7, 11) is 0. The Morgan fingerprint density at radius 1 is 1.59 bits per heavy atom. The first kappa shape index (κ1) is 17.2. The maximum Gasteiger partial charge on any atom is 0.271 e. The molecule has 6 nitrogen and oxygen atoms in total. The molecule has 22 heavy (non-hydrogen) atoms. The number of nitrogens with one attached hydrogen (secondary N) is 2. The van der Waals surface area contributed by atoms with E-state index in [2.05, 4.69) is 15.7 Å². The lowest BCUT2D eigenvalue weighted by molar-refractivity contribution is 0.0205. The van der Waals surface area contributed by atoms with Crippen molar-refractivity contribution in [1.82, 2.24) is 20.4 Å². The van der Waals surface area contributed by atoms with Gasteiger partial charge in [0.2, 0.25) is 0 Å². The van der Waals surface area contributed by atoms with Gasteiger partial charge in [-0.1, -0.05) is 0 Å². The fourth-order valence-electron chi connectivity index (χ4n) is 3.06. The number of ether oxygens (including phenoxy) is 1. The van der Waals surface area contributed by atoms with Gasteiger partial charge in [-0.15, -0.1) is 12.4 Å². The molecule has 124 valence electrons. The van der Waals surface area contributed by atoms with E-state index in [1.807, 2.05) is 17.8 Å². The van der Waals surface area contributed by atoms with Crippen molar-refractivity contribution in [3.05, 3.63) is 18.0 Å². The van der Waals surface area contributed by atoms with Crippen molar-refractivity contribution in [2.75, 3.05) is 26.2 Å². The number of carbonyl (C=O) groups excluding carboxylic acids is 1. The largest absolute Gasteiger partial charge is 0.373 e. The third kappa shape index (κ3) is 4.00. The SMILES string of the molecule is CC1(CNC(=O)c2ccn(C3CCCNC3)n2)CCCO1.Cl. The summed E-state index contributed by atoms with van der Waals surface area (Å²) < 4.78 is 7.59. The monoisotopic (exact) mass is 328 g/mol. The van der Waals surface area contributed by atoms with Gasteiger partial charge in [-0.05, 0) is 45.2 Å². The van der Waals surface area contributed by atoms with E-state index < -0.39 is 0 Å². The molecule has 0 saturated carbocycles. The molecule has 3 heterocycles. The number of hydrogen-bond donors (Lipinski definition) is 2. The Morgan fingerprint density at radius 2 is 2.45 bits per heavy atom. The highest BCUT2D eigenvalue weighted by molar-refractivity contribution is 5.92. The molecule has 2 atom stereocenters. The normalized spacial score (nSPS) is 28.1. The van der Waals surface area contributed by atoms with Gasteiger partial charge in [0.15, 0.2) is 0 Å².